The summed E-state index contributed by atoms with van der Waals surface area (Å²) < 4.78 is 1.26. The van der Waals surface area contributed by atoms with Crippen LogP contribution in [0.4, 0.5) is 11.5 Å². The van der Waals surface area contributed by atoms with Crippen LogP contribution in [0.1, 0.15) is 37.0 Å². The fraction of sp³-hybridized carbons (Fsp3) is 0.375. The van der Waals surface area contributed by atoms with E-state index >= 15 is 0 Å². The van der Waals surface area contributed by atoms with Crippen LogP contribution >= 0.6 is 11.6 Å². The quantitative estimate of drug-likeness (QED) is 0.755. The lowest BCUT2D eigenvalue weighted by Gasteiger charge is -2.23. The van der Waals surface area contributed by atoms with Crippen LogP contribution in [0.5, 0.6) is 0 Å². The standard InChI is InChI=1S/C16H20ClN5O3/c1-3-5-9-22-13(18)11(14(23)20-16(22)25)21(4-2)15(24)10-7-6-8-19-12(10)17/h6-8H,3-5,9,18H2,1-2H3,(H,20,23,25). The number of unbranched alkanes of at least 4 members (excludes halogenated alkanes) is 1. The van der Waals surface area contributed by atoms with Crippen molar-refractivity contribution in [2.45, 2.75) is 33.2 Å². The van der Waals surface area contributed by atoms with Crippen molar-refractivity contribution in [2.24, 2.45) is 0 Å². The Morgan fingerprint density at radius 3 is 2.72 bits per heavy atom. The van der Waals surface area contributed by atoms with Crippen LogP contribution in [0, 0.1) is 0 Å². The Balaban J connectivity index is 2.58. The van der Waals surface area contributed by atoms with Gasteiger partial charge in [0.15, 0.2) is 5.69 Å². The highest BCUT2D eigenvalue weighted by Crippen LogP contribution is 2.21. The first-order valence-electron chi connectivity index (χ1n) is 7.97. The van der Waals surface area contributed by atoms with Gasteiger partial charge in [-0.3, -0.25) is 19.1 Å². The van der Waals surface area contributed by atoms with E-state index in [1.54, 1.807) is 13.0 Å². The van der Waals surface area contributed by atoms with Gasteiger partial charge in [0.2, 0.25) is 0 Å². The zero-order chi connectivity index (χ0) is 18.6. The van der Waals surface area contributed by atoms with Crippen LogP contribution in [-0.4, -0.2) is 27.0 Å². The summed E-state index contributed by atoms with van der Waals surface area (Å²) in [4.78, 5) is 44.4. The predicted molar refractivity (Wildman–Crippen MR) is 97.2 cm³/mol. The van der Waals surface area contributed by atoms with E-state index in [0.29, 0.717) is 13.0 Å². The molecule has 0 bridgehead atoms. The molecule has 0 radical (unpaired) electrons. The Hall–Kier alpha value is -2.61. The second-order valence-corrected chi connectivity index (χ2v) is 5.75. The van der Waals surface area contributed by atoms with Crippen molar-refractivity contribution in [3.05, 3.63) is 49.9 Å². The van der Waals surface area contributed by atoms with Gasteiger partial charge in [0.25, 0.3) is 11.5 Å². The van der Waals surface area contributed by atoms with Crippen molar-refractivity contribution in [2.75, 3.05) is 17.2 Å². The maximum atomic E-state index is 12.8. The van der Waals surface area contributed by atoms with Gasteiger partial charge in [0.05, 0.1) is 5.56 Å². The third-order valence-corrected chi connectivity index (χ3v) is 4.07. The highest BCUT2D eigenvalue weighted by molar-refractivity contribution is 6.33. The fourth-order valence-corrected chi connectivity index (χ4v) is 2.67. The second kappa shape index (κ2) is 7.98. The minimum absolute atomic E-state index is 0.0280. The monoisotopic (exact) mass is 365 g/mol. The van der Waals surface area contributed by atoms with Crippen LogP contribution in [0.2, 0.25) is 5.15 Å². The molecule has 2 aromatic rings. The van der Waals surface area contributed by atoms with E-state index in [9.17, 15) is 14.4 Å². The molecule has 8 nitrogen and oxygen atoms in total. The van der Waals surface area contributed by atoms with Gasteiger partial charge in [0.1, 0.15) is 11.0 Å². The number of nitrogens with zero attached hydrogens (tertiary/aromatic N) is 3. The van der Waals surface area contributed by atoms with Gasteiger partial charge in [-0.25, -0.2) is 9.78 Å². The molecule has 2 heterocycles. The van der Waals surface area contributed by atoms with Crippen LogP contribution in [0.25, 0.3) is 0 Å². The number of halogens is 1. The van der Waals surface area contributed by atoms with Crippen molar-refractivity contribution < 1.29 is 4.79 Å². The smallest absolute Gasteiger partial charge is 0.330 e. The van der Waals surface area contributed by atoms with E-state index in [1.165, 1.54) is 21.7 Å². The minimum atomic E-state index is -0.717. The number of amides is 1. The molecule has 134 valence electrons. The molecular formula is C16H20ClN5O3. The summed E-state index contributed by atoms with van der Waals surface area (Å²) in [6.07, 6.45) is 3.02. The molecule has 0 spiro atoms. The average molecular weight is 366 g/mol. The molecule has 0 saturated carbocycles. The fourth-order valence-electron chi connectivity index (χ4n) is 2.47. The Kier molecular flexibility index (Phi) is 5.97. The molecule has 0 aliphatic carbocycles. The van der Waals surface area contributed by atoms with E-state index in [0.717, 1.165) is 6.42 Å². The molecule has 0 aliphatic rings. The first kappa shape index (κ1) is 18.7. The normalized spacial score (nSPS) is 10.7. The molecule has 0 aromatic carbocycles. The van der Waals surface area contributed by atoms with Gasteiger partial charge in [-0.05, 0) is 25.5 Å². The number of carbonyl (C=O) groups excluding carboxylic acids is 1. The van der Waals surface area contributed by atoms with Gasteiger partial charge in [-0.2, -0.15) is 0 Å². The zero-order valence-corrected chi connectivity index (χ0v) is 14.8. The lowest BCUT2D eigenvalue weighted by molar-refractivity contribution is 0.0987. The summed E-state index contributed by atoms with van der Waals surface area (Å²) in [7, 11) is 0. The van der Waals surface area contributed by atoms with Gasteiger partial charge in [-0.1, -0.05) is 24.9 Å². The number of rotatable bonds is 6. The van der Waals surface area contributed by atoms with Gasteiger partial charge in [0, 0.05) is 19.3 Å². The van der Waals surface area contributed by atoms with Crippen LogP contribution in [0.3, 0.4) is 0 Å². The number of aromatic nitrogens is 3. The Morgan fingerprint density at radius 1 is 1.40 bits per heavy atom. The highest BCUT2D eigenvalue weighted by Gasteiger charge is 2.25. The number of pyridine rings is 1. The Labute approximate surface area is 149 Å². The number of anilines is 2. The number of carbonyl (C=O) groups is 1. The summed E-state index contributed by atoms with van der Waals surface area (Å²) >= 11 is 5.98. The first-order chi connectivity index (χ1) is 11.9. The summed E-state index contributed by atoms with van der Waals surface area (Å²) in [5.41, 5.74) is 4.83. The number of nitrogen functional groups attached to an aromatic ring is 1. The summed E-state index contributed by atoms with van der Waals surface area (Å²) in [5.74, 6) is -0.559. The maximum Gasteiger partial charge on any atom is 0.330 e. The molecule has 0 atom stereocenters. The molecule has 0 saturated heterocycles. The average Bonchev–Trinajstić information content (AvgIpc) is 2.58. The predicted octanol–water partition coefficient (Wildman–Crippen LogP) is 1.63. The number of hydrogen-bond acceptors (Lipinski definition) is 5. The van der Waals surface area contributed by atoms with Crippen molar-refractivity contribution in [1.82, 2.24) is 14.5 Å². The molecule has 25 heavy (non-hydrogen) atoms. The topological polar surface area (TPSA) is 114 Å². The van der Waals surface area contributed by atoms with Crippen molar-refractivity contribution >= 4 is 29.0 Å². The highest BCUT2D eigenvalue weighted by atomic mass is 35.5. The van der Waals surface area contributed by atoms with E-state index in [4.69, 9.17) is 17.3 Å². The molecule has 2 rings (SSSR count). The number of aromatic amines is 1. The van der Waals surface area contributed by atoms with Gasteiger partial charge in [-0.15, -0.1) is 0 Å². The van der Waals surface area contributed by atoms with Crippen molar-refractivity contribution in [1.29, 1.82) is 0 Å². The first-order valence-corrected chi connectivity index (χ1v) is 8.35. The number of H-pyrrole nitrogens is 1. The molecule has 0 aliphatic heterocycles. The van der Waals surface area contributed by atoms with E-state index in [-0.39, 0.29) is 28.8 Å². The summed E-state index contributed by atoms with van der Waals surface area (Å²) in [6, 6.07) is 3.08. The van der Waals surface area contributed by atoms with E-state index in [2.05, 4.69) is 9.97 Å². The molecule has 1 amide bonds. The largest absolute Gasteiger partial charge is 0.383 e. The van der Waals surface area contributed by atoms with E-state index < -0.39 is 17.2 Å². The third kappa shape index (κ3) is 3.74. The molecule has 2 aromatic heterocycles. The second-order valence-electron chi connectivity index (χ2n) is 5.39. The number of nitrogens with one attached hydrogen (secondary N) is 1. The van der Waals surface area contributed by atoms with Crippen molar-refractivity contribution in [3.8, 4) is 0 Å². The van der Waals surface area contributed by atoms with Crippen LogP contribution in [0.15, 0.2) is 27.9 Å². The molecular weight excluding hydrogens is 346 g/mol. The summed E-state index contributed by atoms with van der Waals surface area (Å²) in [5, 5.41) is 0.0280. The van der Waals surface area contributed by atoms with Crippen LogP contribution in [-0.2, 0) is 6.54 Å². The number of nitrogens with two attached hydrogens (primary N) is 1. The molecule has 9 heteroatoms. The lowest BCUT2D eigenvalue weighted by atomic mass is 10.2. The van der Waals surface area contributed by atoms with E-state index in [1.807, 2.05) is 6.92 Å². The molecule has 0 fully saturated rings. The lowest BCUT2D eigenvalue weighted by Crippen LogP contribution is -2.41. The summed E-state index contributed by atoms with van der Waals surface area (Å²) in [6.45, 7) is 4.19. The maximum absolute atomic E-state index is 12.8. The van der Waals surface area contributed by atoms with Crippen LogP contribution < -0.4 is 21.9 Å². The van der Waals surface area contributed by atoms with Gasteiger partial charge >= 0.3 is 5.69 Å². The SMILES string of the molecule is CCCCn1c(N)c(N(CC)C(=O)c2cccnc2Cl)c(=O)[nH]c1=O. The molecule has 3 N–H and O–H groups in total. The molecule has 0 unspecified atom stereocenters. The van der Waals surface area contributed by atoms with Crippen molar-refractivity contribution in [3.63, 3.8) is 0 Å². The minimum Gasteiger partial charge on any atom is -0.383 e. The Morgan fingerprint density at radius 2 is 2.12 bits per heavy atom. The Bertz CT molecular complexity index is 890. The zero-order valence-electron chi connectivity index (χ0n) is 14.1. The van der Waals surface area contributed by atoms with Gasteiger partial charge < -0.3 is 10.6 Å². The third-order valence-electron chi connectivity index (χ3n) is 3.77. The number of hydrogen-bond donors (Lipinski definition) is 2.